The van der Waals surface area contributed by atoms with Gasteiger partial charge in [0.2, 0.25) is 5.91 Å². The van der Waals surface area contributed by atoms with E-state index in [1.54, 1.807) is 6.20 Å². The van der Waals surface area contributed by atoms with Gasteiger partial charge in [-0.05, 0) is 77.3 Å². The van der Waals surface area contributed by atoms with Crippen molar-refractivity contribution in [3.8, 4) is 5.75 Å². The molecular formula is C36H44ClN7O4. The maximum absolute atomic E-state index is 14.2. The molecule has 3 fully saturated rings. The molecule has 0 radical (unpaired) electrons. The Kier molecular flexibility index (Phi) is 9.19. The van der Waals surface area contributed by atoms with Gasteiger partial charge in [0.15, 0.2) is 5.75 Å². The zero-order valence-electron chi connectivity index (χ0n) is 27.9. The number of aromatic nitrogens is 4. The molecule has 0 spiro atoms. The predicted molar refractivity (Wildman–Crippen MR) is 188 cm³/mol. The summed E-state index contributed by atoms with van der Waals surface area (Å²) < 4.78 is 14.3. The minimum atomic E-state index is -0.304. The number of rotatable bonds is 8. The van der Waals surface area contributed by atoms with Gasteiger partial charge < -0.3 is 19.3 Å². The van der Waals surface area contributed by atoms with Crippen LogP contribution in [0.3, 0.4) is 0 Å². The molecule has 254 valence electrons. The van der Waals surface area contributed by atoms with Crippen LogP contribution in [0.4, 0.5) is 5.82 Å². The van der Waals surface area contributed by atoms with Crippen molar-refractivity contribution >= 4 is 46.4 Å². The molecule has 12 heteroatoms. The van der Waals surface area contributed by atoms with E-state index in [1.807, 2.05) is 60.6 Å². The molecule has 1 aromatic carbocycles. The molecule has 4 unspecified atom stereocenters. The first-order valence-electron chi connectivity index (χ1n) is 17.1. The maximum Gasteiger partial charge on any atom is 0.350 e. The molecule has 1 amide bonds. The fourth-order valence-corrected chi connectivity index (χ4v) is 8.23. The van der Waals surface area contributed by atoms with Gasteiger partial charge in [-0.15, -0.1) is 0 Å². The number of carbonyl (C=O) groups excluding carboxylic acids is 1. The smallest absolute Gasteiger partial charge is 0.350 e. The summed E-state index contributed by atoms with van der Waals surface area (Å²) in [4.78, 5) is 38.1. The number of benzene rings is 1. The van der Waals surface area contributed by atoms with E-state index in [4.69, 9.17) is 26.1 Å². The van der Waals surface area contributed by atoms with E-state index in [9.17, 15) is 9.59 Å². The number of morpholine rings is 1. The average molecular weight is 674 g/mol. The number of amides is 1. The van der Waals surface area contributed by atoms with Gasteiger partial charge in [0.05, 0.1) is 41.3 Å². The molecule has 3 saturated heterocycles. The third kappa shape index (κ3) is 5.86. The highest BCUT2D eigenvalue weighted by Gasteiger charge is 2.38. The second kappa shape index (κ2) is 13.5. The van der Waals surface area contributed by atoms with Crippen molar-refractivity contribution in [3.05, 3.63) is 68.7 Å². The van der Waals surface area contributed by atoms with Crippen molar-refractivity contribution in [3.63, 3.8) is 0 Å². The molecule has 2 aromatic heterocycles. The number of aromatic amines is 1. The summed E-state index contributed by atoms with van der Waals surface area (Å²) in [6, 6.07) is 2.53. The molecule has 7 rings (SSSR count). The molecule has 0 saturated carbocycles. The number of allylic oxidation sites excluding steroid dienone is 2. The Morgan fingerprint density at radius 3 is 2.71 bits per heavy atom. The van der Waals surface area contributed by atoms with Crippen LogP contribution in [0.25, 0.3) is 23.1 Å². The summed E-state index contributed by atoms with van der Waals surface area (Å²) in [6.07, 6.45) is 15.0. The lowest BCUT2D eigenvalue weighted by atomic mass is 10.0. The van der Waals surface area contributed by atoms with Gasteiger partial charge in [-0.25, -0.2) is 4.79 Å². The summed E-state index contributed by atoms with van der Waals surface area (Å²) in [5, 5.41) is 10.2. The lowest BCUT2D eigenvalue weighted by Crippen LogP contribution is -2.58. The normalized spacial score (nSPS) is 26.5. The Hall–Kier alpha value is -3.93. The molecule has 3 aromatic rings. The first-order chi connectivity index (χ1) is 23.3. The highest BCUT2D eigenvalue weighted by atomic mass is 35.5. The zero-order valence-corrected chi connectivity index (χ0v) is 28.7. The molecule has 0 aliphatic carbocycles. The molecule has 48 heavy (non-hydrogen) atoms. The second-order valence-corrected chi connectivity index (χ2v) is 13.9. The predicted octanol–water partition coefficient (Wildman–Crippen LogP) is 3.15. The van der Waals surface area contributed by atoms with Crippen LogP contribution in [0, 0.1) is 0 Å². The van der Waals surface area contributed by atoms with Gasteiger partial charge in [-0.1, -0.05) is 30.3 Å². The number of nitrogens with one attached hydrogen (secondary N) is 1. The number of nitrogens with zero attached hydrogens (tertiary/aromatic N) is 6. The number of anilines is 1. The van der Waals surface area contributed by atoms with E-state index in [1.165, 1.54) is 18.9 Å². The average Bonchev–Trinajstić information content (AvgIpc) is 3.61. The van der Waals surface area contributed by atoms with Gasteiger partial charge >= 0.3 is 5.69 Å². The molecule has 5 atom stereocenters. The Labute approximate surface area is 285 Å². The number of hydrogen-bond donors (Lipinski definition) is 1. The zero-order chi connectivity index (χ0) is 33.5. The SMILES string of the molecule is C=CC(=O)N1CC(C)N(c2nc(=O)n3c4c(c(\C=c5/cn[nH]/c5=C/C=C/C)c(Cl)cc24)OCC3CCCN2C3CCC2COC3)C[C@H]1C. The van der Waals surface area contributed by atoms with Crippen molar-refractivity contribution in [2.24, 2.45) is 0 Å². The number of H-pyrrole nitrogens is 1. The molecule has 4 aliphatic heterocycles. The quantitative estimate of drug-likeness (QED) is 0.364. The second-order valence-electron chi connectivity index (χ2n) is 13.5. The lowest BCUT2D eigenvalue weighted by Gasteiger charge is -2.45. The number of carbonyl (C=O) groups is 1. The fourth-order valence-electron chi connectivity index (χ4n) is 7.98. The largest absolute Gasteiger partial charge is 0.489 e. The summed E-state index contributed by atoms with van der Waals surface area (Å²) in [5.41, 5.74) is 1.09. The number of fused-ring (bicyclic) bond motifs is 2. The van der Waals surface area contributed by atoms with Crippen LogP contribution in [-0.2, 0) is 9.53 Å². The third-order valence-electron chi connectivity index (χ3n) is 10.4. The first-order valence-corrected chi connectivity index (χ1v) is 17.5. The van der Waals surface area contributed by atoms with Gasteiger partial charge in [0, 0.05) is 53.4 Å². The first kappa shape index (κ1) is 32.6. The van der Waals surface area contributed by atoms with Crippen LogP contribution >= 0.6 is 11.6 Å². The van der Waals surface area contributed by atoms with Crippen LogP contribution in [0.1, 0.15) is 58.1 Å². The van der Waals surface area contributed by atoms with E-state index >= 15 is 0 Å². The van der Waals surface area contributed by atoms with Gasteiger partial charge in [-0.3, -0.25) is 19.4 Å². The lowest BCUT2D eigenvalue weighted by molar-refractivity contribution is -0.128. The van der Waals surface area contributed by atoms with Crippen molar-refractivity contribution in [1.82, 2.24) is 29.5 Å². The Morgan fingerprint density at radius 1 is 1.17 bits per heavy atom. The Bertz CT molecular complexity index is 1920. The van der Waals surface area contributed by atoms with E-state index in [0.717, 1.165) is 48.6 Å². The number of piperazine rings is 1. The van der Waals surface area contributed by atoms with E-state index in [0.29, 0.717) is 59.5 Å². The maximum atomic E-state index is 14.2. The molecule has 4 aliphatic rings. The van der Waals surface area contributed by atoms with Gasteiger partial charge in [0.25, 0.3) is 0 Å². The highest BCUT2D eigenvalue weighted by molar-refractivity contribution is 6.33. The fraction of sp³-hybridized carbons (Fsp3) is 0.500. The van der Waals surface area contributed by atoms with Gasteiger partial charge in [0.1, 0.15) is 12.4 Å². The number of ether oxygens (including phenoxy) is 2. The number of halogens is 1. The molecule has 1 N–H and O–H groups in total. The number of hydrogen-bond acceptors (Lipinski definition) is 8. The van der Waals surface area contributed by atoms with Crippen molar-refractivity contribution in [1.29, 1.82) is 0 Å². The van der Waals surface area contributed by atoms with E-state index in [2.05, 4.69) is 26.6 Å². The molecule has 6 heterocycles. The monoisotopic (exact) mass is 673 g/mol. The van der Waals surface area contributed by atoms with E-state index in [-0.39, 0.29) is 29.7 Å². The highest BCUT2D eigenvalue weighted by Crippen LogP contribution is 2.43. The van der Waals surface area contributed by atoms with E-state index < -0.39 is 0 Å². The van der Waals surface area contributed by atoms with Crippen molar-refractivity contribution in [2.75, 3.05) is 44.4 Å². The van der Waals surface area contributed by atoms with Crippen molar-refractivity contribution in [2.45, 2.75) is 76.7 Å². The van der Waals surface area contributed by atoms with Crippen LogP contribution in [0.2, 0.25) is 5.02 Å². The molecular weight excluding hydrogens is 630 g/mol. The summed E-state index contributed by atoms with van der Waals surface area (Å²) in [6.45, 7) is 13.6. The molecule has 2 bridgehead atoms. The minimum Gasteiger partial charge on any atom is -0.489 e. The minimum absolute atomic E-state index is 0.0938. The van der Waals surface area contributed by atoms with Crippen LogP contribution in [-0.4, -0.2) is 99.1 Å². The topological polar surface area (TPSA) is 109 Å². The van der Waals surface area contributed by atoms with Gasteiger partial charge in [-0.2, -0.15) is 10.1 Å². The summed E-state index contributed by atoms with van der Waals surface area (Å²) >= 11 is 7.10. The van der Waals surface area contributed by atoms with Crippen molar-refractivity contribution < 1.29 is 14.3 Å². The third-order valence-corrected chi connectivity index (χ3v) is 10.7. The summed E-state index contributed by atoms with van der Waals surface area (Å²) in [5.74, 6) is 1.03. The molecule has 11 nitrogen and oxygen atoms in total. The Balaban J connectivity index is 1.32. The van der Waals surface area contributed by atoms with Crippen LogP contribution < -0.4 is 25.9 Å². The standard InChI is InChI=1S/C36H44ClN7O4/c1-5-7-10-31-24(16-38-40-31)14-28-30(37)15-29-33-34(28)48-21-27(9-8-13-41-25-11-12-26(41)20-47-19-25)44(33)36(46)39-35(29)43-18-22(3)42(17-23(43)4)32(45)6-2/h5-7,10,14-16,22-23,25-27,40H,2,8-9,11-13,17-21H2,1,3-4H3/b7-5+,24-14+,31-10+/t22-,23?,25?,26?,27?/m1/s1. The van der Waals surface area contributed by atoms with Crippen LogP contribution in [0.5, 0.6) is 5.75 Å². The Morgan fingerprint density at radius 2 is 1.96 bits per heavy atom. The summed E-state index contributed by atoms with van der Waals surface area (Å²) in [7, 11) is 0. The van der Waals surface area contributed by atoms with Crippen LogP contribution in [0.15, 0.2) is 41.9 Å².